The summed E-state index contributed by atoms with van der Waals surface area (Å²) in [5, 5.41) is 0. The molecule has 1 nitrogen and oxygen atoms in total. The van der Waals surface area contributed by atoms with Gasteiger partial charge in [-0.1, -0.05) is 12.1 Å². The Kier molecular flexibility index (Phi) is 5.45. The molecule has 0 fully saturated rings. The first-order chi connectivity index (χ1) is 6.84. The van der Waals surface area contributed by atoms with Crippen LogP contribution < -0.4 is 4.74 Å². The van der Waals surface area contributed by atoms with E-state index in [4.69, 9.17) is 4.74 Å². The highest BCUT2D eigenvalue weighted by Crippen LogP contribution is 2.15. The third kappa shape index (κ3) is 4.01. The maximum absolute atomic E-state index is 13.0. The zero-order chi connectivity index (χ0) is 10.2. The third-order valence-corrected chi connectivity index (χ3v) is 2.21. The summed E-state index contributed by atoms with van der Waals surface area (Å²) in [4.78, 5) is 0. The summed E-state index contributed by atoms with van der Waals surface area (Å²) in [6, 6.07) is 6.48. The second-order valence-electron chi connectivity index (χ2n) is 3.06. The van der Waals surface area contributed by atoms with Gasteiger partial charge >= 0.3 is 0 Å². The predicted octanol–water partition coefficient (Wildman–Crippen LogP) is 3.30. The van der Waals surface area contributed by atoms with E-state index in [0.717, 1.165) is 25.0 Å². The maximum atomic E-state index is 13.0. The van der Waals surface area contributed by atoms with Crippen molar-refractivity contribution in [3.05, 3.63) is 30.1 Å². The monoisotopic (exact) mass is 214 g/mol. The van der Waals surface area contributed by atoms with Gasteiger partial charge in [0.1, 0.15) is 0 Å². The van der Waals surface area contributed by atoms with Crippen molar-refractivity contribution in [2.24, 2.45) is 0 Å². The molecule has 1 aromatic carbocycles. The number of rotatable bonds is 6. The molecule has 14 heavy (non-hydrogen) atoms. The van der Waals surface area contributed by atoms with E-state index >= 15 is 0 Å². The number of thiol groups is 1. The zero-order valence-electron chi connectivity index (χ0n) is 8.08. The van der Waals surface area contributed by atoms with Gasteiger partial charge in [-0.25, -0.2) is 4.39 Å². The average molecular weight is 214 g/mol. The number of unbranched alkanes of at least 4 members (excludes halogenated alkanes) is 2. The molecule has 0 saturated carbocycles. The molecule has 0 atom stereocenters. The Balaban J connectivity index is 2.21. The largest absolute Gasteiger partial charge is 0.491 e. The number of ether oxygens (including phenoxy) is 1. The Labute approximate surface area is 89.7 Å². The van der Waals surface area contributed by atoms with E-state index < -0.39 is 0 Å². The van der Waals surface area contributed by atoms with E-state index in [1.807, 2.05) is 0 Å². The van der Waals surface area contributed by atoms with Crippen molar-refractivity contribution in [3.63, 3.8) is 0 Å². The lowest BCUT2D eigenvalue weighted by Gasteiger charge is -2.05. The van der Waals surface area contributed by atoms with Crippen molar-refractivity contribution in [2.75, 3.05) is 12.4 Å². The van der Waals surface area contributed by atoms with Crippen LogP contribution in [0.4, 0.5) is 4.39 Å². The molecule has 0 unspecified atom stereocenters. The molecule has 0 radical (unpaired) electrons. The number of hydrogen-bond acceptors (Lipinski definition) is 2. The lowest BCUT2D eigenvalue weighted by atomic mass is 10.2. The van der Waals surface area contributed by atoms with E-state index in [-0.39, 0.29) is 5.82 Å². The van der Waals surface area contributed by atoms with Gasteiger partial charge in [-0.3, -0.25) is 0 Å². The molecular formula is C11H15FOS. The van der Waals surface area contributed by atoms with Gasteiger partial charge in [-0.05, 0) is 37.1 Å². The molecule has 1 aromatic rings. The van der Waals surface area contributed by atoms with Gasteiger partial charge in [0.25, 0.3) is 0 Å². The number of halogens is 1. The highest BCUT2D eigenvalue weighted by molar-refractivity contribution is 7.80. The van der Waals surface area contributed by atoms with Crippen molar-refractivity contribution >= 4 is 12.6 Å². The summed E-state index contributed by atoms with van der Waals surface area (Å²) in [5.74, 6) is 0.958. The van der Waals surface area contributed by atoms with E-state index in [9.17, 15) is 4.39 Å². The lowest BCUT2D eigenvalue weighted by molar-refractivity contribution is 0.292. The minimum atomic E-state index is -0.290. The average Bonchev–Trinajstić information content (AvgIpc) is 2.20. The van der Waals surface area contributed by atoms with Gasteiger partial charge in [0, 0.05) is 0 Å². The van der Waals surface area contributed by atoms with Crippen LogP contribution in [0.2, 0.25) is 0 Å². The van der Waals surface area contributed by atoms with Crippen LogP contribution >= 0.6 is 12.6 Å². The Bertz CT molecular complexity index is 265. The fourth-order valence-corrected chi connectivity index (χ4v) is 1.36. The predicted molar refractivity (Wildman–Crippen MR) is 59.6 cm³/mol. The molecule has 0 aromatic heterocycles. The first kappa shape index (κ1) is 11.4. The summed E-state index contributed by atoms with van der Waals surface area (Å²) in [7, 11) is 0. The van der Waals surface area contributed by atoms with Crippen LogP contribution in [0.3, 0.4) is 0 Å². The fourth-order valence-electron chi connectivity index (χ4n) is 1.13. The number of benzene rings is 1. The van der Waals surface area contributed by atoms with Crippen molar-refractivity contribution < 1.29 is 9.13 Å². The Morgan fingerprint density at radius 1 is 1.14 bits per heavy atom. The van der Waals surface area contributed by atoms with Crippen LogP contribution in [0.1, 0.15) is 19.3 Å². The lowest BCUT2D eigenvalue weighted by Crippen LogP contribution is -1.99. The summed E-state index contributed by atoms with van der Waals surface area (Å²) >= 11 is 4.11. The molecule has 0 amide bonds. The Morgan fingerprint density at radius 3 is 2.64 bits per heavy atom. The zero-order valence-corrected chi connectivity index (χ0v) is 8.97. The molecule has 0 saturated heterocycles. The summed E-state index contributed by atoms with van der Waals surface area (Å²) in [6.45, 7) is 0.578. The summed E-state index contributed by atoms with van der Waals surface area (Å²) < 4.78 is 18.3. The van der Waals surface area contributed by atoms with Crippen molar-refractivity contribution in [1.82, 2.24) is 0 Å². The maximum Gasteiger partial charge on any atom is 0.165 e. The first-order valence-electron chi connectivity index (χ1n) is 4.83. The molecule has 0 spiro atoms. The number of hydrogen-bond donors (Lipinski definition) is 1. The van der Waals surface area contributed by atoms with Crippen molar-refractivity contribution in [2.45, 2.75) is 19.3 Å². The van der Waals surface area contributed by atoms with Gasteiger partial charge in [-0.15, -0.1) is 0 Å². The SMILES string of the molecule is Fc1ccccc1OCCCCCS. The molecule has 3 heteroatoms. The van der Waals surface area contributed by atoms with Crippen LogP contribution in [0.5, 0.6) is 5.75 Å². The van der Waals surface area contributed by atoms with Gasteiger partial charge in [0.05, 0.1) is 6.61 Å². The van der Waals surface area contributed by atoms with Crippen LogP contribution in [0.25, 0.3) is 0 Å². The van der Waals surface area contributed by atoms with Crippen molar-refractivity contribution in [3.8, 4) is 5.75 Å². The van der Waals surface area contributed by atoms with Gasteiger partial charge in [0.15, 0.2) is 11.6 Å². The second-order valence-corrected chi connectivity index (χ2v) is 3.51. The summed E-state index contributed by atoms with van der Waals surface area (Å²) in [5.41, 5.74) is 0. The van der Waals surface area contributed by atoms with Crippen LogP contribution in [0, 0.1) is 5.82 Å². The van der Waals surface area contributed by atoms with Crippen LogP contribution in [0.15, 0.2) is 24.3 Å². The normalized spacial score (nSPS) is 10.1. The molecule has 0 bridgehead atoms. The molecule has 0 heterocycles. The minimum Gasteiger partial charge on any atom is -0.491 e. The quantitative estimate of drug-likeness (QED) is 0.564. The van der Waals surface area contributed by atoms with Crippen LogP contribution in [-0.2, 0) is 0 Å². The van der Waals surface area contributed by atoms with E-state index in [0.29, 0.717) is 12.4 Å². The fraction of sp³-hybridized carbons (Fsp3) is 0.455. The molecule has 78 valence electrons. The first-order valence-corrected chi connectivity index (χ1v) is 5.46. The smallest absolute Gasteiger partial charge is 0.165 e. The van der Waals surface area contributed by atoms with Crippen LogP contribution in [-0.4, -0.2) is 12.4 Å². The minimum absolute atomic E-state index is 0.290. The highest BCUT2D eigenvalue weighted by atomic mass is 32.1. The Hall–Kier alpha value is -0.700. The standard InChI is InChI=1S/C11H15FOS/c12-10-6-2-3-7-11(10)13-8-4-1-5-9-14/h2-3,6-7,14H,1,4-5,8-9H2. The molecule has 1 rings (SSSR count). The van der Waals surface area contributed by atoms with E-state index in [1.165, 1.54) is 6.07 Å². The molecule has 0 aliphatic rings. The second kappa shape index (κ2) is 6.71. The molecule has 0 N–H and O–H groups in total. The van der Waals surface area contributed by atoms with Gasteiger partial charge in [-0.2, -0.15) is 12.6 Å². The van der Waals surface area contributed by atoms with E-state index in [2.05, 4.69) is 12.6 Å². The molecule has 0 aliphatic carbocycles. The molecule has 0 aliphatic heterocycles. The topological polar surface area (TPSA) is 9.23 Å². The molecular weight excluding hydrogens is 199 g/mol. The highest BCUT2D eigenvalue weighted by Gasteiger charge is 1.99. The van der Waals surface area contributed by atoms with Crippen molar-refractivity contribution in [1.29, 1.82) is 0 Å². The van der Waals surface area contributed by atoms with Gasteiger partial charge < -0.3 is 4.74 Å². The number of para-hydroxylation sites is 1. The summed E-state index contributed by atoms with van der Waals surface area (Å²) in [6.07, 6.45) is 3.12. The van der Waals surface area contributed by atoms with E-state index in [1.54, 1.807) is 18.2 Å². The van der Waals surface area contributed by atoms with Gasteiger partial charge in [0.2, 0.25) is 0 Å². The Morgan fingerprint density at radius 2 is 1.93 bits per heavy atom. The third-order valence-electron chi connectivity index (χ3n) is 1.90.